The highest BCUT2D eigenvalue weighted by molar-refractivity contribution is 7.93. The lowest BCUT2D eigenvalue weighted by Crippen LogP contribution is -2.57. The highest BCUT2D eigenvalue weighted by Crippen LogP contribution is 2.15. The zero-order chi connectivity index (χ0) is 51.4. The summed E-state index contributed by atoms with van der Waals surface area (Å²) in [6, 6.07) is 0. The minimum atomic E-state index is -0.869. The van der Waals surface area contributed by atoms with Gasteiger partial charge in [-0.1, -0.05) is 190 Å². The van der Waals surface area contributed by atoms with Crippen molar-refractivity contribution < 1.29 is 33.1 Å². The molecule has 0 atom stereocenters. The highest BCUT2D eigenvalue weighted by atomic mass is 32.2. The Balaban J connectivity index is 0. The molecule has 0 amide bonds. The Hall–Kier alpha value is -2.72. The van der Waals surface area contributed by atoms with Crippen molar-refractivity contribution >= 4 is 30.3 Å². The normalized spacial score (nSPS) is 12.1. The zero-order valence-corrected chi connectivity index (χ0v) is 46.6. The van der Waals surface area contributed by atoms with Gasteiger partial charge < -0.3 is 28.9 Å². The van der Waals surface area contributed by atoms with Gasteiger partial charge >= 0.3 is 11.9 Å². The lowest BCUT2D eigenvalue weighted by atomic mass is 10.0. The van der Waals surface area contributed by atoms with Crippen molar-refractivity contribution in [2.75, 3.05) is 39.2 Å². The van der Waals surface area contributed by atoms with Gasteiger partial charge in [-0.3, -0.25) is 9.59 Å². The average molecular weight is 1000 g/mol. The Labute approximate surface area is 436 Å². The molecule has 9 heteroatoms. The van der Waals surface area contributed by atoms with Crippen LogP contribution in [0.2, 0.25) is 0 Å². The van der Waals surface area contributed by atoms with E-state index in [0.717, 1.165) is 115 Å². The van der Waals surface area contributed by atoms with Gasteiger partial charge in [-0.15, -0.1) is 0 Å². The Bertz CT molecular complexity index is 1230. The van der Waals surface area contributed by atoms with Crippen LogP contribution >= 0.6 is 12.0 Å². The molecule has 0 fully saturated rings. The van der Waals surface area contributed by atoms with Crippen molar-refractivity contribution in [2.24, 2.45) is 0 Å². The van der Waals surface area contributed by atoms with E-state index >= 15 is 0 Å². The molecule has 70 heavy (non-hydrogen) atoms. The van der Waals surface area contributed by atoms with E-state index in [2.05, 4.69) is 99.0 Å². The summed E-state index contributed by atoms with van der Waals surface area (Å²) in [7, 11) is 1.58. The second-order valence-corrected chi connectivity index (χ2v) is 19.6. The number of nitrogens with one attached hydrogen (secondary N) is 1. The maximum Gasteiger partial charge on any atom is 0.305 e. The van der Waals surface area contributed by atoms with Crippen LogP contribution in [-0.4, -0.2) is 67.5 Å². The summed E-state index contributed by atoms with van der Waals surface area (Å²) in [5.41, 5.74) is -0.869. The molecule has 0 saturated carbocycles. The van der Waals surface area contributed by atoms with Crippen molar-refractivity contribution in [3.63, 3.8) is 0 Å². The first-order valence-corrected chi connectivity index (χ1v) is 29.5. The fourth-order valence-corrected chi connectivity index (χ4v) is 7.89. The van der Waals surface area contributed by atoms with Crippen molar-refractivity contribution in [3.8, 4) is 0 Å². The Morgan fingerprint density at radius 2 is 0.757 bits per heavy atom. The lowest BCUT2D eigenvalue weighted by Gasteiger charge is -2.33. The van der Waals surface area contributed by atoms with Crippen molar-refractivity contribution in [3.05, 3.63) is 72.9 Å². The second-order valence-electron chi connectivity index (χ2n) is 18.9. The van der Waals surface area contributed by atoms with E-state index in [-0.39, 0.29) is 31.8 Å². The van der Waals surface area contributed by atoms with Crippen molar-refractivity contribution in [1.82, 2.24) is 5.32 Å². The number of carbonyl (C=O) groups excluding carboxylic acids is 3. The SMILES string of the molecule is CCCCC/C=C\C/C=C\CCCCCCCC(=O)OCC(COC)(COC(=O)CCCCCCC/C=C\C/C=C\CCCCC)NCCSO.CCCCC/C=C\C/C=C\CCCCCCCC=O. The maximum absolute atomic E-state index is 12.6. The second kappa shape index (κ2) is 60.6. The first-order chi connectivity index (χ1) is 34.4. The molecule has 0 aliphatic carbocycles. The van der Waals surface area contributed by atoms with Gasteiger partial charge in [-0.25, -0.2) is 0 Å². The van der Waals surface area contributed by atoms with Crippen LogP contribution in [0.25, 0.3) is 0 Å². The molecule has 8 nitrogen and oxygen atoms in total. The van der Waals surface area contributed by atoms with E-state index in [9.17, 15) is 18.9 Å². The van der Waals surface area contributed by atoms with Gasteiger partial charge in [0.15, 0.2) is 0 Å². The molecule has 0 radical (unpaired) electrons. The predicted molar refractivity (Wildman–Crippen MR) is 304 cm³/mol. The van der Waals surface area contributed by atoms with Crippen LogP contribution in [0.4, 0.5) is 0 Å². The number of aldehydes is 1. The Morgan fingerprint density at radius 1 is 0.443 bits per heavy atom. The number of methoxy groups -OCH3 is 1. The fraction of sp³-hybridized carbons (Fsp3) is 0.754. The lowest BCUT2D eigenvalue weighted by molar-refractivity contribution is -0.153. The number of ether oxygens (including phenoxy) is 3. The summed E-state index contributed by atoms with van der Waals surface area (Å²) in [4.78, 5) is 35.3. The molecule has 0 heterocycles. The van der Waals surface area contributed by atoms with Gasteiger partial charge in [0.2, 0.25) is 0 Å². The van der Waals surface area contributed by atoms with E-state index in [4.69, 9.17) is 14.2 Å². The van der Waals surface area contributed by atoms with Crippen LogP contribution in [0, 0.1) is 0 Å². The largest absolute Gasteiger partial charge is 0.463 e. The third-order valence-corrected chi connectivity index (χ3v) is 12.5. The smallest absolute Gasteiger partial charge is 0.305 e. The standard InChI is InChI=1S/C43H77NO6S.C18H32O/c1-4-6-8-10-12-14-16-18-20-22-24-26-28-30-32-34-41(45)49-39-43(38-48-3,44-36-37-51-47)40-50-42(46)35-33-31-29-27-25-23-21-19-17-15-13-11-9-7-5-2;1-2-3-4-5-6-7-8-9-10-11-12-13-14-15-16-17-18-19/h12-15,18-21,44,47H,4-11,16-17,22-40H2,1-3H3;6-7,9-10,18H,2-5,8,11-17H2,1H3/b14-12-,15-13-,20-18-,21-19-;7-6-,10-9-. The molecular formula is C61H109NO7S. The number of allylic oxidation sites excluding steroid dienone is 12. The molecule has 2 N–H and O–H groups in total. The van der Waals surface area contributed by atoms with Gasteiger partial charge in [0.25, 0.3) is 0 Å². The molecular weight excluding hydrogens is 891 g/mol. The third-order valence-electron chi connectivity index (χ3n) is 12.1. The Kier molecular flexibility index (Phi) is 60.0. The van der Waals surface area contributed by atoms with Crippen LogP contribution < -0.4 is 5.32 Å². The van der Waals surface area contributed by atoms with Crippen molar-refractivity contribution in [2.45, 2.75) is 257 Å². The Morgan fingerprint density at radius 3 is 1.07 bits per heavy atom. The number of carbonyl (C=O) groups is 3. The van der Waals surface area contributed by atoms with Crippen LogP contribution in [0.5, 0.6) is 0 Å². The fourth-order valence-electron chi connectivity index (χ4n) is 7.70. The first kappa shape index (κ1) is 69.4. The molecule has 0 spiro atoms. The number of hydrogen-bond donors (Lipinski definition) is 2. The van der Waals surface area contributed by atoms with E-state index in [0.29, 0.717) is 25.1 Å². The average Bonchev–Trinajstić information content (AvgIpc) is 3.36. The minimum Gasteiger partial charge on any atom is -0.463 e. The van der Waals surface area contributed by atoms with Gasteiger partial charge in [0, 0.05) is 38.7 Å². The quantitative estimate of drug-likeness (QED) is 0.0202. The monoisotopic (exact) mass is 1000 g/mol. The van der Waals surface area contributed by atoms with E-state index < -0.39 is 5.54 Å². The van der Waals surface area contributed by atoms with Gasteiger partial charge in [-0.2, -0.15) is 0 Å². The van der Waals surface area contributed by atoms with Gasteiger partial charge in [0.05, 0.1) is 6.61 Å². The number of hydrogen-bond acceptors (Lipinski definition) is 9. The predicted octanol–water partition coefficient (Wildman–Crippen LogP) is 17.9. The van der Waals surface area contributed by atoms with Crippen LogP contribution in [-0.2, 0) is 28.6 Å². The summed E-state index contributed by atoms with van der Waals surface area (Å²) >= 11 is 0.732. The summed E-state index contributed by atoms with van der Waals surface area (Å²) in [6.07, 6.45) is 68.4. The number of unbranched alkanes of at least 4 members (excludes halogenated alkanes) is 25. The van der Waals surface area contributed by atoms with Crippen molar-refractivity contribution in [1.29, 1.82) is 0 Å². The van der Waals surface area contributed by atoms with Crippen LogP contribution in [0.1, 0.15) is 252 Å². The first-order valence-electron chi connectivity index (χ1n) is 28.6. The summed E-state index contributed by atoms with van der Waals surface area (Å²) < 4.78 is 26.0. The van der Waals surface area contributed by atoms with Crippen LogP contribution in [0.15, 0.2) is 72.9 Å². The van der Waals surface area contributed by atoms with Gasteiger partial charge in [0.1, 0.15) is 25.0 Å². The molecule has 0 bridgehead atoms. The van der Waals surface area contributed by atoms with Crippen LogP contribution in [0.3, 0.4) is 0 Å². The topological polar surface area (TPSA) is 111 Å². The molecule has 0 aromatic rings. The summed E-state index contributed by atoms with van der Waals surface area (Å²) in [5, 5.41) is 3.31. The highest BCUT2D eigenvalue weighted by Gasteiger charge is 2.33. The van der Waals surface area contributed by atoms with Gasteiger partial charge in [-0.05, 0) is 128 Å². The summed E-state index contributed by atoms with van der Waals surface area (Å²) in [5.74, 6) is -0.0578. The molecule has 0 rings (SSSR count). The molecule has 0 aliphatic heterocycles. The molecule has 0 aromatic heterocycles. The zero-order valence-electron chi connectivity index (χ0n) is 45.8. The molecule has 0 aliphatic rings. The maximum atomic E-state index is 12.6. The van der Waals surface area contributed by atoms with E-state index in [1.807, 2.05) is 0 Å². The number of esters is 2. The molecule has 0 saturated heterocycles. The molecule has 406 valence electrons. The summed E-state index contributed by atoms with van der Waals surface area (Å²) in [6.45, 7) is 7.44. The minimum absolute atomic E-state index is 0.0347. The number of rotatable bonds is 52. The third kappa shape index (κ3) is 56.2. The van der Waals surface area contributed by atoms with E-state index in [1.165, 1.54) is 122 Å². The molecule has 0 aromatic carbocycles. The van der Waals surface area contributed by atoms with E-state index in [1.54, 1.807) is 7.11 Å². The molecule has 0 unspecified atom stereocenters.